The maximum Gasteiger partial charge on any atom is 0.301 e. The number of hydrogen-bond donors (Lipinski definition) is 3. The number of fused-ring (bicyclic) bond motifs is 2. The highest BCUT2D eigenvalue weighted by Gasteiger charge is 2.25. The summed E-state index contributed by atoms with van der Waals surface area (Å²) >= 11 is 0. The lowest BCUT2D eigenvalue weighted by atomic mass is 10.0. The summed E-state index contributed by atoms with van der Waals surface area (Å²) in [6, 6.07) is 10.7. The van der Waals surface area contributed by atoms with Gasteiger partial charge in [0.25, 0.3) is 5.91 Å². The molecule has 8 nitrogen and oxygen atoms in total. The minimum atomic E-state index is -3.63. The standard InChI is InChI=1S/C18H17N5O3S/c1-23(2)27(25,26)22-13-5-6-16-14(9-13)15(18(24)20-16)7-11-3-4-12-10-19-21-17(12)8-11/h3-10,22H,1-2H3,(H,19,21)(H,20,24)/b15-7+. The molecular formula is C18H17N5O3S. The van der Waals surface area contributed by atoms with Crippen molar-refractivity contribution in [2.75, 3.05) is 24.1 Å². The maximum absolute atomic E-state index is 12.4. The van der Waals surface area contributed by atoms with E-state index in [-0.39, 0.29) is 5.91 Å². The molecule has 138 valence electrons. The average molecular weight is 383 g/mol. The van der Waals surface area contributed by atoms with E-state index in [1.807, 2.05) is 18.2 Å². The molecule has 0 unspecified atom stereocenters. The highest BCUT2D eigenvalue weighted by Crippen LogP contribution is 2.35. The van der Waals surface area contributed by atoms with Gasteiger partial charge in [0.1, 0.15) is 0 Å². The van der Waals surface area contributed by atoms with Crippen LogP contribution in [0, 0.1) is 0 Å². The van der Waals surface area contributed by atoms with Gasteiger partial charge in [-0.1, -0.05) is 12.1 Å². The Labute approximate surface area is 156 Å². The lowest BCUT2D eigenvalue weighted by Crippen LogP contribution is -2.28. The van der Waals surface area contributed by atoms with Crippen LogP contribution >= 0.6 is 0 Å². The zero-order valence-electron chi connectivity index (χ0n) is 14.6. The first-order valence-corrected chi connectivity index (χ1v) is 9.58. The molecule has 1 aromatic heterocycles. The minimum Gasteiger partial charge on any atom is -0.321 e. The predicted octanol–water partition coefficient (Wildman–Crippen LogP) is 2.27. The molecule has 0 saturated carbocycles. The fourth-order valence-corrected chi connectivity index (χ4v) is 3.45. The Morgan fingerprint density at radius 2 is 1.96 bits per heavy atom. The number of anilines is 2. The van der Waals surface area contributed by atoms with E-state index in [0.29, 0.717) is 22.5 Å². The molecule has 0 radical (unpaired) electrons. The van der Waals surface area contributed by atoms with Crippen LogP contribution < -0.4 is 10.0 Å². The van der Waals surface area contributed by atoms with Crippen molar-refractivity contribution in [2.24, 2.45) is 0 Å². The van der Waals surface area contributed by atoms with Gasteiger partial charge in [-0.15, -0.1) is 0 Å². The second-order valence-electron chi connectivity index (χ2n) is 6.38. The minimum absolute atomic E-state index is 0.234. The van der Waals surface area contributed by atoms with Crippen LogP contribution in [0.15, 0.2) is 42.6 Å². The highest BCUT2D eigenvalue weighted by molar-refractivity contribution is 7.90. The molecule has 1 aliphatic rings. The molecule has 1 aliphatic heterocycles. The van der Waals surface area contributed by atoms with Crippen molar-refractivity contribution in [3.05, 3.63) is 53.7 Å². The number of carbonyl (C=O) groups is 1. The summed E-state index contributed by atoms with van der Waals surface area (Å²) in [5, 5.41) is 10.7. The summed E-state index contributed by atoms with van der Waals surface area (Å²) in [4.78, 5) is 12.4. The van der Waals surface area contributed by atoms with E-state index in [2.05, 4.69) is 20.2 Å². The molecule has 3 aromatic rings. The van der Waals surface area contributed by atoms with Crippen LogP contribution in [-0.2, 0) is 15.0 Å². The zero-order valence-corrected chi connectivity index (χ0v) is 15.5. The second kappa shape index (κ2) is 6.22. The summed E-state index contributed by atoms with van der Waals surface area (Å²) < 4.78 is 27.7. The fraction of sp³-hybridized carbons (Fsp3) is 0.111. The molecule has 4 rings (SSSR count). The monoisotopic (exact) mass is 383 g/mol. The number of nitrogens with zero attached hydrogens (tertiary/aromatic N) is 2. The Hall–Kier alpha value is -3.17. The third kappa shape index (κ3) is 3.18. The van der Waals surface area contributed by atoms with Gasteiger partial charge < -0.3 is 5.32 Å². The van der Waals surface area contributed by atoms with Crippen molar-refractivity contribution in [1.82, 2.24) is 14.5 Å². The summed E-state index contributed by atoms with van der Waals surface area (Å²) in [7, 11) is -0.745. The Balaban J connectivity index is 1.74. The van der Waals surface area contributed by atoms with Gasteiger partial charge in [-0.05, 0) is 35.9 Å². The fourth-order valence-electron chi connectivity index (χ4n) is 2.85. The Kier molecular flexibility index (Phi) is 3.97. The van der Waals surface area contributed by atoms with E-state index >= 15 is 0 Å². The molecule has 0 saturated heterocycles. The highest BCUT2D eigenvalue weighted by atomic mass is 32.2. The van der Waals surface area contributed by atoms with Crippen LogP contribution in [0.2, 0.25) is 0 Å². The number of aromatic amines is 1. The molecule has 2 aromatic carbocycles. The molecule has 0 atom stereocenters. The molecule has 1 amide bonds. The molecule has 0 fully saturated rings. The van der Waals surface area contributed by atoms with Crippen molar-refractivity contribution in [3.8, 4) is 0 Å². The van der Waals surface area contributed by atoms with Crippen LogP contribution in [0.25, 0.3) is 22.6 Å². The van der Waals surface area contributed by atoms with Gasteiger partial charge in [0, 0.05) is 36.3 Å². The zero-order chi connectivity index (χ0) is 19.2. The largest absolute Gasteiger partial charge is 0.321 e. The quantitative estimate of drug-likeness (QED) is 0.601. The van der Waals surface area contributed by atoms with Crippen molar-refractivity contribution in [1.29, 1.82) is 0 Å². The van der Waals surface area contributed by atoms with E-state index in [1.54, 1.807) is 30.5 Å². The van der Waals surface area contributed by atoms with E-state index in [1.165, 1.54) is 14.1 Å². The predicted molar refractivity (Wildman–Crippen MR) is 105 cm³/mol. The molecule has 0 spiro atoms. The third-order valence-electron chi connectivity index (χ3n) is 4.31. The average Bonchev–Trinajstić information content (AvgIpc) is 3.19. The first-order valence-electron chi connectivity index (χ1n) is 8.14. The molecule has 27 heavy (non-hydrogen) atoms. The molecule has 2 heterocycles. The number of hydrogen-bond acceptors (Lipinski definition) is 4. The first kappa shape index (κ1) is 17.3. The lowest BCUT2D eigenvalue weighted by molar-refractivity contribution is -0.110. The van der Waals surface area contributed by atoms with Crippen LogP contribution in [0.3, 0.4) is 0 Å². The van der Waals surface area contributed by atoms with Crippen LogP contribution in [0.5, 0.6) is 0 Å². The van der Waals surface area contributed by atoms with E-state index < -0.39 is 10.2 Å². The van der Waals surface area contributed by atoms with Gasteiger partial charge in [0.2, 0.25) is 0 Å². The first-order chi connectivity index (χ1) is 12.8. The van der Waals surface area contributed by atoms with Gasteiger partial charge in [-0.2, -0.15) is 17.8 Å². The van der Waals surface area contributed by atoms with Crippen LogP contribution in [-0.4, -0.2) is 42.9 Å². The Morgan fingerprint density at radius 3 is 2.74 bits per heavy atom. The van der Waals surface area contributed by atoms with E-state index in [4.69, 9.17) is 0 Å². The topological polar surface area (TPSA) is 107 Å². The SMILES string of the molecule is CN(C)S(=O)(=O)Nc1ccc2c(c1)/C(=C\c1ccc3cn[nH]c3c1)C(=O)N2. The van der Waals surface area contributed by atoms with Crippen LogP contribution in [0.4, 0.5) is 11.4 Å². The van der Waals surface area contributed by atoms with Crippen molar-refractivity contribution < 1.29 is 13.2 Å². The van der Waals surface area contributed by atoms with Crippen LogP contribution in [0.1, 0.15) is 11.1 Å². The Bertz CT molecular complexity index is 1190. The van der Waals surface area contributed by atoms with Gasteiger partial charge in [0.15, 0.2) is 0 Å². The molecule has 9 heteroatoms. The van der Waals surface area contributed by atoms with Gasteiger partial charge >= 0.3 is 10.2 Å². The Morgan fingerprint density at radius 1 is 1.15 bits per heavy atom. The molecular weight excluding hydrogens is 366 g/mol. The smallest absolute Gasteiger partial charge is 0.301 e. The third-order valence-corrected chi connectivity index (χ3v) is 5.76. The van der Waals surface area contributed by atoms with E-state index in [0.717, 1.165) is 20.8 Å². The number of nitrogens with one attached hydrogen (secondary N) is 3. The second-order valence-corrected chi connectivity index (χ2v) is 8.26. The van der Waals surface area contributed by atoms with Gasteiger partial charge in [-0.3, -0.25) is 14.6 Å². The number of aromatic nitrogens is 2. The van der Waals surface area contributed by atoms with Gasteiger partial charge in [-0.25, -0.2) is 0 Å². The number of benzene rings is 2. The van der Waals surface area contributed by atoms with Gasteiger partial charge in [0.05, 0.1) is 17.4 Å². The number of rotatable bonds is 4. The normalized spacial score (nSPS) is 15.4. The number of H-pyrrole nitrogens is 1. The van der Waals surface area contributed by atoms with Crippen molar-refractivity contribution >= 4 is 50.0 Å². The maximum atomic E-state index is 12.4. The van der Waals surface area contributed by atoms with E-state index in [9.17, 15) is 13.2 Å². The summed E-state index contributed by atoms with van der Waals surface area (Å²) in [6.45, 7) is 0. The summed E-state index contributed by atoms with van der Waals surface area (Å²) in [5.74, 6) is -0.234. The van der Waals surface area contributed by atoms with Crippen molar-refractivity contribution in [2.45, 2.75) is 0 Å². The summed E-state index contributed by atoms with van der Waals surface area (Å²) in [6.07, 6.45) is 3.50. The van der Waals surface area contributed by atoms with Crippen molar-refractivity contribution in [3.63, 3.8) is 0 Å². The number of amides is 1. The lowest BCUT2D eigenvalue weighted by Gasteiger charge is -2.14. The number of carbonyl (C=O) groups excluding carboxylic acids is 1. The summed E-state index contributed by atoms with van der Waals surface area (Å²) in [5.41, 5.74) is 3.84. The molecule has 3 N–H and O–H groups in total. The molecule has 0 bridgehead atoms. The molecule has 0 aliphatic carbocycles.